The van der Waals surface area contributed by atoms with Gasteiger partial charge in [-0.2, -0.15) is 0 Å². The Hall–Kier alpha value is -2.51. The van der Waals surface area contributed by atoms with Crippen LogP contribution in [-0.4, -0.2) is 52.7 Å². The zero-order chi connectivity index (χ0) is 26.3. The number of nitrogens with one attached hydrogen (secondary N) is 1. The lowest BCUT2D eigenvalue weighted by molar-refractivity contribution is -0.119. The second-order valence-electron chi connectivity index (χ2n) is 9.85. The second kappa shape index (κ2) is 12.2. The summed E-state index contributed by atoms with van der Waals surface area (Å²) in [6, 6.07) is 7.32. The highest BCUT2D eigenvalue weighted by Crippen LogP contribution is 2.36. The number of likely N-dealkylation sites (tertiary alicyclic amines) is 1. The Morgan fingerprint density at radius 2 is 1.81 bits per heavy atom. The van der Waals surface area contributed by atoms with Crippen LogP contribution in [0.3, 0.4) is 0 Å². The van der Waals surface area contributed by atoms with Crippen molar-refractivity contribution in [2.75, 3.05) is 25.9 Å². The predicted octanol–water partition coefficient (Wildman–Crippen LogP) is 5.67. The SMILES string of the molecule is C=S(C)(=O)c1ccc(CC2=CC3=C(CC=C2)NC(=O)CC=C3C(C)(F)F)cc1.CCCN1CCCC1. The van der Waals surface area contributed by atoms with Gasteiger partial charge in [-0.1, -0.05) is 37.3 Å². The van der Waals surface area contributed by atoms with Gasteiger partial charge in [-0.25, -0.2) is 8.78 Å². The molecule has 2 heterocycles. The summed E-state index contributed by atoms with van der Waals surface area (Å²) in [5, 5.41) is 2.75. The third kappa shape index (κ3) is 8.00. The van der Waals surface area contributed by atoms with Gasteiger partial charge in [0.15, 0.2) is 0 Å². The maximum atomic E-state index is 14.2. The minimum Gasteiger partial charge on any atom is -0.329 e. The number of carbonyl (C=O) groups is 1. The first-order valence-electron chi connectivity index (χ1n) is 12.6. The number of alkyl halides is 2. The molecule has 0 radical (unpaired) electrons. The van der Waals surface area contributed by atoms with Gasteiger partial charge in [-0.15, -0.1) is 0 Å². The van der Waals surface area contributed by atoms with E-state index in [9.17, 15) is 17.8 Å². The topological polar surface area (TPSA) is 49.4 Å². The van der Waals surface area contributed by atoms with E-state index < -0.39 is 15.4 Å². The van der Waals surface area contributed by atoms with Crippen molar-refractivity contribution in [3.63, 3.8) is 0 Å². The molecule has 0 spiro atoms. The van der Waals surface area contributed by atoms with Crippen LogP contribution in [0.25, 0.3) is 0 Å². The lowest BCUT2D eigenvalue weighted by Gasteiger charge is -2.18. The van der Waals surface area contributed by atoms with Gasteiger partial charge >= 0.3 is 0 Å². The van der Waals surface area contributed by atoms with E-state index in [1.807, 2.05) is 24.3 Å². The van der Waals surface area contributed by atoms with E-state index >= 15 is 0 Å². The Bertz CT molecular complexity index is 1160. The lowest BCUT2D eigenvalue weighted by Crippen LogP contribution is -2.22. The number of rotatable bonds is 6. The molecule has 1 fully saturated rings. The van der Waals surface area contributed by atoms with Crippen molar-refractivity contribution in [3.05, 3.63) is 76.5 Å². The summed E-state index contributed by atoms with van der Waals surface area (Å²) < 4.78 is 40.4. The number of allylic oxidation sites excluding steroid dienone is 6. The molecule has 1 amide bonds. The summed E-state index contributed by atoms with van der Waals surface area (Å²) in [5.41, 5.74) is 2.58. The Morgan fingerprint density at radius 3 is 2.39 bits per heavy atom. The monoisotopic (exact) mass is 516 g/mol. The van der Waals surface area contributed by atoms with Gasteiger partial charge in [0.05, 0.1) is 0 Å². The summed E-state index contributed by atoms with van der Waals surface area (Å²) in [7, 11) is -2.27. The van der Waals surface area contributed by atoms with Crippen LogP contribution in [0, 0.1) is 0 Å². The maximum Gasteiger partial charge on any atom is 0.270 e. The summed E-state index contributed by atoms with van der Waals surface area (Å²) in [5.74, 6) is 0.344. The molecule has 36 heavy (non-hydrogen) atoms. The highest BCUT2D eigenvalue weighted by molar-refractivity contribution is 7.99. The van der Waals surface area contributed by atoms with Crippen molar-refractivity contribution >= 4 is 21.3 Å². The largest absolute Gasteiger partial charge is 0.329 e. The molecule has 1 aromatic carbocycles. The molecule has 0 saturated carbocycles. The highest BCUT2D eigenvalue weighted by Gasteiger charge is 2.33. The van der Waals surface area contributed by atoms with Crippen LogP contribution in [0.4, 0.5) is 8.78 Å². The minimum atomic E-state index is -3.05. The zero-order valence-corrected chi connectivity index (χ0v) is 22.4. The van der Waals surface area contributed by atoms with Crippen LogP contribution >= 0.6 is 0 Å². The number of nitrogens with zero attached hydrogens (tertiary/aromatic N) is 1. The second-order valence-corrected chi connectivity index (χ2v) is 12.3. The van der Waals surface area contributed by atoms with Gasteiger partial charge in [0.1, 0.15) is 0 Å². The van der Waals surface area contributed by atoms with E-state index in [1.165, 1.54) is 45.0 Å². The van der Waals surface area contributed by atoms with Gasteiger partial charge in [0, 0.05) is 47.8 Å². The standard InChI is InChI=1S/C22H23F2NO2S.C7H15N/c1-22(23,24)19-11-12-21(26)25-20-6-4-5-16(14-18(19)20)13-15-7-9-17(10-8-15)28(2,3)27;1-2-5-8-6-3-4-7-8/h4-5,7-11,14H,2,6,12-13H2,1,3H3,(H,25,26);2-7H2,1H3. The highest BCUT2D eigenvalue weighted by atomic mass is 32.2. The van der Waals surface area contributed by atoms with E-state index in [1.54, 1.807) is 24.5 Å². The van der Waals surface area contributed by atoms with Crippen LogP contribution in [-0.2, 0) is 20.7 Å². The van der Waals surface area contributed by atoms with Crippen molar-refractivity contribution in [1.82, 2.24) is 10.2 Å². The summed E-state index contributed by atoms with van der Waals surface area (Å²) in [6.07, 6.45) is 13.4. The van der Waals surface area contributed by atoms with E-state index in [2.05, 4.69) is 23.0 Å². The molecule has 1 aliphatic carbocycles. The molecule has 4 rings (SSSR count). The number of halogens is 2. The van der Waals surface area contributed by atoms with E-state index in [-0.39, 0.29) is 17.9 Å². The zero-order valence-electron chi connectivity index (χ0n) is 21.6. The fourth-order valence-electron chi connectivity index (χ4n) is 4.62. The molecule has 1 saturated heterocycles. The summed E-state index contributed by atoms with van der Waals surface area (Å²) in [6.45, 7) is 7.13. The third-order valence-corrected chi connectivity index (χ3v) is 7.69. The quantitative estimate of drug-likeness (QED) is 0.496. The molecular weight excluding hydrogens is 478 g/mol. The fraction of sp³-hybridized carbons (Fsp3) is 0.448. The molecule has 0 aromatic heterocycles. The van der Waals surface area contributed by atoms with E-state index in [4.69, 9.17) is 0 Å². The fourth-order valence-corrected chi connectivity index (χ4v) is 5.33. The normalized spacial score (nSPS) is 20.2. The van der Waals surface area contributed by atoms with Crippen LogP contribution < -0.4 is 5.32 Å². The average Bonchev–Trinajstić information content (AvgIpc) is 3.16. The molecule has 3 aliphatic rings. The molecule has 4 nitrogen and oxygen atoms in total. The number of hydrogen-bond donors (Lipinski definition) is 1. The summed E-state index contributed by atoms with van der Waals surface area (Å²) >= 11 is 0. The molecule has 0 bridgehead atoms. The summed E-state index contributed by atoms with van der Waals surface area (Å²) in [4.78, 5) is 15.1. The number of carbonyl (C=O) groups excluding carboxylic acids is 1. The number of benzene rings is 1. The molecule has 1 N–H and O–H groups in total. The Labute approximate surface area is 214 Å². The average molecular weight is 517 g/mol. The smallest absolute Gasteiger partial charge is 0.270 e. The van der Waals surface area contributed by atoms with Crippen molar-refractivity contribution in [3.8, 4) is 0 Å². The Balaban J connectivity index is 0.000000383. The lowest BCUT2D eigenvalue weighted by atomic mass is 9.95. The molecule has 7 heteroatoms. The molecule has 196 valence electrons. The third-order valence-electron chi connectivity index (χ3n) is 6.42. The number of amides is 1. The van der Waals surface area contributed by atoms with Crippen LogP contribution in [0.5, 0.6) is 0 Å². The van der Waals surface area contributed by atoms with Crippen LogP contribution in [0.2, 0.25) is 0 Å². The number of hydrogen-bond acceptors (Lipinski definition) is 3. The molecular formula is C29H38F2N2O2S. The predicted molar refractivity (Wildman–Crippen MR) is 146 cm³/mol. The first-order chi connectivity index (χ1) is 17.0. The first-order valence-corrected chi connectivity index (χ1v) is 14.7. The van der Waals surface area contributed by atoms with Gasteiger partial charge < -0.3 is 10.2 Å². The van der Waals surface area contributed by atoms with Crippen LogP contribution in [0.1, 0.15) is 51.5 Å². The van der Waals surface area contributed by atoms with Gasteiger partial charge in [-0.05, 0) is 90.1 Å². The van der Waals surface area contributed by atoms with Crippen molar-refractivity contribution in [1.29, 1.82) is 0 Å². The molecule has 1 atom stereocenters. The van der Waals surface area contributed by atoms with Gasteiger partial charge in [0.2, 0.25) is 5.91 Å². The molecule has 1 unspecified atom stereocenters. The Kier molecular flexibility index (Phi) is 9.47. The van der Waals surface area contributed by atoms with Crippen LogP contribution in [0.15, 0.2) is 75.9 Å². The van der Waals surface area contributed by atoms with Crippen molar-refractivity contribution in [2.24, 2.45) is 0 Å². The maximum absolute atomic E-state index is 14.2. The van der Waals surface area contributed by atoms with Gasteiger partial charge in [-0.3, -0.25) is 9.00 Å². The van der Waals surface area contributed by atoms with Crippen molar-refractivity contribution in [2.45, 2.75) is 63.2 Å². The molecule has 1 aromatic rings. The van der Waals surface area contributed by atoms with E-state index in [0.29, 0.717) is 29.0 Å². The Morgan fingerprint density at radius 1 is 1.14 bits per heavy atom. The van der Waals surface area contributed by atoms with Gasteiger partial charge in [0.25, 0.3) is 5.92 Å². The molecule has 2 aliphatic heterocycles. The van der Waals surface area contributed by atoms with E-state index in [0.717, 1.165) is 18.1 Å². The van der Waals surface area contributed by atoms with Crippen molar-refractivity contribution < 1.29 is 17.8 Å². The minimum absolute atomic E-state index is 0.0680. The first kappa shape index (κ1) is 28.1.